The van der Waals surface area contributed by atoms with Gasteiger partial charge in [0.1, 0.15) is 18.0 Å². The normalized spacial score (nSPS) is 11.4. The number of nitrogens with one attached hydrogen (secondary N) is 1. The first-order chi connectivity index (χ1) is 19.7. The largest absolute Gasteiger partial charge is 0.416 e. The molecule has 1 N–H and O–H groups in total. The molecular weight excluding hydrogens is 532 g/mol. The molecule has 0 fully saturated rings. The van der Waals surface area contributed by atoms with Gasteiger partial charge in [0, 0.05) is 24.2 Å². The molecule has 1 aromatic heterocycles. The fourth-order valence-electron chi connectivity index (χ4n) is 4.62. The van der Waals surface area contributed by atoms with Crippen LogP contribution in [0.3, 0.4) is 0 Å². The fourth-order valence-corrected chi connectivity index (χ4v) is 4.62. The van der Waals surface area contributed by atoms with Crippen molar-refractivity contribution < 1.29 is 22.4 Å². The summed E-state index contributed by atoms with van der Waals surface area (Å²) in [4.78, 5) is 23.4. The van der Waals surface area contributed by atoms with Crippen LogP contribution in [-0.2, 0) is 12.7 Å². The standard InChI is InChI=1S/C32H26F4N4O/c1-2-15-40(31(41)26-13-12-24(18-28(26)33)32(34,35)36)19-21-7-6-8-22(16-21)23-11-14-29-27(17-23)30(38-20-37-29)39-25-9-4-3-5-10-25/h3-14,16-18,20H,2,15,19H2,1H3,(H,37,38,39). The number of para-hydroxylation sites is 1. The summed E-state index contributed by atoms with van der Waals surface area (Å²) in [5.41, 5.74) is 2.74. The zero-order valence-corrected chi connectivity index (χ0v) is 22.1. The lowest BCUT2D eigenvalue weighted by atomic mass is 10.0. The Morgan fingerprint density at radius 1 is 0.878 bits per heavy atom. The quantitative estimate of drug-likeness (QED) is 0.195. The molecule has 208 valence electrons. The number of aromatic nitrogens is 2. The monoisotopic (exact) mass is 558 g/mol. The van der Waals surface area contributed by atoms with Crippen LogP contribution < -0.4 is 5.32 Å². The Labute approximate surface area is 234 Å². The van der Waals surface area contributed by atoms with Gasteiger partial charge in [-0.3, -0.25) is 4.79 Å². The van der Waals surface area contributed by atoms with Gasteiger partial charge in [0.15, 0.2) is 0 Å². The van der Waals surface area contributed by atoms with Gasteiger partial charge >= 0.3 is 6.18 Å². The Morgan fingerprint density at radius 2 is 1.66 bits per heavy atom. The van der Waals surface area contributed by atoms with Gasteiger partial charge < -0.3 is 10.2 Å². The van der Waals surface area contributed by atoms with E-state index in [9.17, 15) is 22.4 Å². The van der Waals surface area contributed by atoms with E-state index in [0.717, 1.165) is 45.4 Å². The average molecular weight is 559 g/mol. The maximum absolute atomic E-state index is 14.6. The van der Waals surface area contributed by atoms with Crippen LogP contribution in [-0.4, -0.2) is 27.3 Å². The molecule has 1 heterocycles. The van der Waals surface area contributed by atoms with E-state index in [-0.39, 0.29) is 6.54 Å². The molecular formula is C32H26F4N4O. The lowest BCUT2D eigenvalue weighted by molar-refractivity contribution is -0.137. The molecule has 41 heavy (non-hydrogen) atoms. The zero-order chi connectivity index (χ0) is 29.0. The predicted molar refractivity (Wildman–Crippen MR) is 151 cm³/mol. The number of anilines is 2. The number of alkyl halides is 3. The summed E-state index contributed by atoms with van der Waals surface area (Å²) >= 11 is 0. The highest BCUT2D eigenvalue weighted by Crippen LogP contribution is 2.31. The van der Waals surface area contributed by atoms with Crippen LogP contribution >= 0.6 is 0 Å². The zero-order valence-electron chi connectivity index (χ0n) is 22.1. The highest BCUT2D eigenvalue weighted by atomic mass is 19.4. The van der Waals surface area contributed by atoms with E-state index in [1.807, 2.05) is 79.7 Å². The Morgan fingerprint density at radius 3 is 2.39 bits per heavy atom. The predicted octanol–water partition coefficient (Wildman–Crippen LogP) is 8.25. The fraction of sp³-hybridized carbons (Fsp3) is 0.156. The molecule has 9 heteroatoms. The van der Waals surface area contributed by atoms with Crippen LogP contribution in [0.4, 0.5) is 29.1 Å². The molecule has 5 nitrogen and oxygen atoms in total. The van der Waals surface area contributed by atoms with Crippen LogP contribution in [0.15, 0.2) is 97.3 Å². The number of rotatable bonds is 8. The minimum absolute atomic E-state index is 0.165. The number of carbonyl (C=O) groups excluding carboxylic acids is 1. The smallest absolute Gasteiger partial charge is 0.340 e. The number of hydrogen-bond acceptors (Lipinski definition) is 4. The van der Waals surface area contributed by atoms with E-state index in [1.54, 1.807) is 0 Å². The van der Waals surface area contributed by atoms with Gasteiger partial charge in [0.25, 0.3) is 5.91 Å². The molecule has 0 unspecified atom stereocenters. The maximum atomic E-state index is 14.6. The minimum atomic E-state index is -4.70. The molecule has 1 amide bonds. The van der Waals surface area contributed by atoms with Crippen molar-refractivity contribution in [1.29, 1.82) is 0 Å². The molecule has 0 aliphatic rings. The molecule has 0 saturated carbocycles. The summed E-state index contributed by atoms with van der Waals surface area (Å²) in [7, 11) is 0. The molecule has 0 aliphatic carbocycles. The third-order valence-corrected chi connectivity index (χ3v) is 6.61. The van der Waals surface area contributed by atoms with Gasteiger partial charge in [-0.25, -0.2) is 14.4 Å². The topological polar surface area (TPSA) is 58.1 Å². The van der Waals surface area contributed by atoms with Crippen LogP contribution in [0.25, 0.3) is 22.0 Å². The number of benzene rings is 4. The Balaban J connectivity index is 1.42. The van der Waals surface area contributed by atoms with Crippen LogP contribution in [0.1, 0.15) is 34.8 Å². The summed E-state index contributed by atoms with van der Waals surface area (Å²) in [6.45, 7) is 2.35. The van der Waals surface area contributed by atoms with Gasteiger partial charge in [-0.1, -0.05) is 49.4 Å². The third kappa shape index (κ3) is 6.35. The summed E-state index contributed by atoms with van der Waals surface area (Å²) in [6, 6.07) is 25.1. The first-order valence-electron chi connectivity index (χ1n) is 13.0. The van der Waals surface area contributed by atoms with Crippen molar-refractivity contribution in [3.8, 4) is 11.1 Å². The second-order valence-electron chi connectivity index (χ2n) is 9.56. The van der Waals surface area contributed by atoms with Crippen LogP contribution in [0.2, 0.25) is 0 Å². The van der Waals surface area contributed by atoms with Gasteiger partial charge in [0.05, 0.1) is 16.6 Å². The lowest BCUT2D eigenvalue weighted by Gasteiger charge is -2.23. The number of nitrogens with zero attached hydrogens (tertiary/aromatic N) is 3. The molecule has 0 aliphatic heterocycles. The Bertz CT molecular complexity index is 1690. The van der Waals surface area contributed by atoms with Gasteiger partial charge in [-0.05, 0) is 71.6 Å². The van der Waals surface area contributed by atoms with Crippen molar-refractivity contribution in [2.45, 2.75) is 26.1 Å². The number of hydrogen-bond donors (Lipinski definition) is 1. The molecule has 5 rings (SSSR count). The maximum Gasteiger partial charge on any atom is 0.416 e. The summed E-state index contributed by atoms with van der Waals surface area (Å²) in [5.74, 6) is -1.20. The van der Waals surface area contributed by atoms with Crippen molar-refractivity contribution in [3.05, 3.63) is 120 Å². The second-order valence-corrected chi connectivity index (χ2v) is 9.56. The van der Waals surface area contributed by atoms with E-state index in [1.165, 1.54) is 11.2 Å². The molecule has 0 saturated heterocycles. The van der Waals surface area contributed by atoms with Crippen molar-refractivity contribution in [3.63, 3.8) is 0 Å². The number of amides is 1. The Hall–Kier alpha value is -4.79. The van der Waals surface area contributed by atoms with E-state index < -0.39 is 29.0 Å². The molecule has 0 spiro atoms. The van der Waals surface area contributed by atoms with Gasteiger partial charge in [-0.2, -0.15) is 13.2 Å². The highest BCUT2D eigenvalue weighted by Gasteiger charge is 2.32. The third-order valence-electron chi connectivity index (χ3n) is 6.61. The number of halogens is 4. The highest BCUT2D eigenvalue weighted by molar-refractivity contribution is 5.95. The van der Waals surface area contributed by atoms with E-state index in [4.69, 9.17) is 0 Å². The molecule has 0 bridgehead atoms. The molecule has 4 aromatic carbocycles. The summed E-state index contributed by atoms with van der Waals surface area (Å²) in [6.07, 6.45) is -2.60. The van der Waals surface area contributed by atoms with Crippen LogP contribution in [0.5, 0.6) is 0 Å². The average Bonchev–Trinajstić information content (AvgIpc) is 2.97. The SMILES string of the molecule is CCCN(Cc1cccc(-c2ccc3ncnc(Nc4ccccc4)c3c2)c1)C(=O)c1ccc(C(F)(F)F)cc1F. The minimum Gasteiger partial charge on any atom is -0.340 e. The van der Waals surface area contributed by atoms with E-state index in [2.05, 4.69) is 15.3 Å². The Kier molecular flexibility index (Phi) is 7.96. The molecule has 0 radical (unpaired) electrons. The second kappa shape index (κ2) is 11.8. The van der Waals surface area contributed by atoms with Gasteiger partial charge in [-0.15, -0.1) is 0 Å². The van der Waals surface area contributed by atoms with Gasteiger partial charge in [0.2, 0.25) is 0 Å². The molecule has 5 aromatic rings. The van der Waals surface area contributed by atoms with Crippen molar-refractivity contribution in [2.75, 3.05) is 11.9 Å². The van der Waals surface area contributed by atoms with E-state index >= 15 is 0 Å². The summed E-state index contributed by atoms with van der Waals surface area (Å²) in [5, 5.41) is 4.17. The molecule has 0 atom stereocenters. The van der Waals surface area contributed by atoms with Crippen molar-refractivity contribution in [2.24, 2.45) is 0 Å². The van der Waals surface area contributed by atoms with Crippen molar-refractivity contribution >= 4 is 28.3 Å². The first kappa shape index (κ1) is 27.8. The number of fused-ring (bicyclic) bond motifs is 1. The van der Waals surface area contributed by atoms with Crippen LogP contribution in [0, 0.1) is 5.82 Å². The first-order valence-corrected chi connectivity index (χ1v) is 13.0. The van der Waals surface area contributed by atoms with Crippen molar-refractivity contribution in [1.82, 2.24) is 14.9 Å². The summed E-state index contributed by atoms with van der Waals surface area (Å²) < 4.78 is 53.5. The van der Waals surface area contributed by atoms with E-state index in [0.29, 0.717) is 24.8 Å². The lowest BCUT2D eigenvalue weighted by Crippen LogP contribution is -2.32. The number of carbonyl (C=O) groups is 1.